The third kappa shape index (κ3) is 2.76. The molecule has 0 amide bonds. The Bertz CT molecular complexity index is 289. The molecule has 1 heterocycles. The van der Waals surface area contributed by atoms with Crippen molar-refractivity contribution in [2.75, 3.05) is 17.3 Å². The average molecular weight is 233 g/mol. The second-order valence-corrected chi connectivity index (χ2v) is 4.09. The lowest BCUT2D eigenvalue weighted by Crippen LogP contribution is -2.32. The first-order valence-electron chi connectivity index (χ1n) is 4.59. The van der Waals surface area contributed by atoms with E-state index >= 15 is 0 Å². The number of anilines is 1. The van der Waals surface area contributed by atoms with Crippen molar-refractivity contribution >= 4 is 28.9 Å². The summed E-state index contributed by atoms with van der Waals surface area (Å²) in [7, 11) is 0. The molecule has 0 aromatic carbocycles. The van der Waals surface area contributed by atoms with E-state index < -0.39 is 0 Å². The van der Waals surface area contributed by atoms with Crippen molar-refractivity contribution in [3.05, 3.63) is 23.5 Å². The fourth-order valence-corrected chi connectivity index (χ4v) is 1.76. The van der Waals surface area contributed by atoms with Crippen molar-refractivity contribution < 1.29 is 0 Å². The minimum atomic E-state index is 0.383. The van der Waals surface area contributed by atoms with Crippen LogP contribution in [0.1, 0.15) is 13.8 Å². The van der Waals surface area contributed by atoms with Crippen LogP contribution in [0.3, 0.4) is 0 Å². The zero-order valence-corrected chi connectivity index (χ0v) is 9.89. The molecule has 0 fully saturated rings. The highest BCUT2D eigenvalue weighted by molar-refractivity contribution is 6.33. The van der Waals surface area contributed by atoms with E-state index in [1.54, 1.807) is 12.4 Å². The number of hydrogen-bond acceptors (Lipinski definition) is 2. The maximum Gasteiger partial charge on any atom is 0.0822 e. The quantitative estimate of drug-likeness (QED) is 0.742. The van der Waals surface area contributed by atoms with Gasteiger partial charge in [0.15, 0.2) is 0 Å². The molecule has 1 aromatic rings. The molecule has 0 bridgehead atoms. The maximum absolute atomic E-state index is 6.05. The summed E-state index contributed by atoms with van der Waals surface area (Å²) >= 11 is 11.8. The largest absolute Gasteiger partial charge is 0.367 e. The smallest absolute Gasteiger partial charge is 0.0822 e. The normalized spacial score (nSPS) is 10.6. The molecule has 0 saturated carbocycles. The van der Waals surface area contributed by atoms with Crippen molar-refractivity contribution in [1.29, 1.82) is 0 Å². The Morgan fingerprint density at radius 3 is 2.71 bits per heavy atom. The van der Waals surface area contributed by atoms with Gasteiger partial charge < -0.3 is 4.90 Å². The molecule has 0 N–H and O–H groups in total. The summed E-state index contributed by atoms with van der Waals surface area (Å²) in [5.74, 6) is 0.594. The van der Waals surface area contributed by atoms with E-state index in [0.717, 1.165) is 12.2 Å². The van der Waals surface area contributed by atoms with E-state index in [1.807, 2.05) is 6.07 Å². The van der Waals surface area contributed by atoms with Crippen LogP contribution in [0.5, 0.6) is 0 Å². The standard InChI is InChI=1S/C10H14Cl2N2/c1-8(2)14(6-4-11)10-3-5-13-7-9(10)12/h3,5,7-8H,4,6H2,1-2H3. The highest BCUT2D eigenvalue weighted by Gasteiger charge is 2.12. The summed E-state index contributed by atoms with van der Waals surface area (Å²) < 4.78 is 0. The fraction of sp³-hybridized carbons (Fsp3) is 0.500. The summed E-state index contributed by atoms with van der Waals surface area (Å²) in [6.07, 6.45) is 3.39. The molecule has 0 aliphatic heterocycles. The van der Waals surface area contributed by atoms with Gasteiger partial charge in [-0.05, 0) is 19.9 Å². The van der Waals surface area contributed by atoms with Crippen LogP contribution >= 0.6 is 23.2 Å². The van der Waals surface area contributed by atoms with Gasteiger partial charge in [-0.1, -0.05) is 11.6 Å². The van der Waals surface area contributed by atoms with Crippen LogP contribution in [-0.2, 0) is 0 Å². The Kier molecular flexibility index (Phi) is 4.49. The third-order valence-electron chi connectivity index (χ3n) is 2.01. The molecular formula is C10H14Cl2N2. The molecule has 0 unspecified atom stereocenters. The third-order valence-corrected chi connectivity index (χ3v) is 2.47. The predicted molar refractivity (Wildman–Crippen MR) is 62.4 cm³/mol. The molecule has 0 saturated heterocycles. The average Bonchev–Trinajstić information content (AvgIpc) is 2.15. The highest BCUT2D eigenvalue weighted by Crippen LogP contribution is 2.25. The second-order valence-electron chi connectivity index (χ2n) is 3.30. The predicted octanol–water partition coefficient (Wildman–Crippen LogP) is 3.19. The van der Waals surface area contributed by atoms with Gasteiger partial charge in [0.2, 0.25) is 0 Å². The van der Waals surface area contributed by atoms with E-state index in [2.05, 4.69) is 23.7 Å². The van der Waals surface area contributed by atoms with Gasteiger partial charge >= 0.3 is 0 Å². The molecule has 4 heteroatoms. The molecular weight excluding hydrogens is 219 g/mol. The van der Waals surface area contributed by atoms with Crippen LogP contribution in [0.25, 0.3) is 0 Å². The van der Waals surface area contributed by atoms with Gasteiger partial charge in [0, 0.05) is 30.9 Å². The Labute approximate surface area is 94.8 Å². The summed E-state index contributed by atoms with van der Waals surface area (Å²) in [6, 6.07) is 2.29. The lowest BCUT2D eigenvalue weighted by atomic mass is 10.2. The summed E-state index contributed by atoms with van der Waals surface area (Å²) in [5.41, 5.74) is 0.998. The molecule has 1 aromatic heterocycles. The second kappa shape index (κ2) is 5.42. The maximum atomic E-state index is 6.05. The van der Waals surface area contributed by atoms with Gasteiger partial charge in [0.1, 0.15) is 0 Å². The Morgan fingerprint density at radius 2 is 2.21 bits per heavy atom. The number of pyridine rings is 1. The van der Waals surface area contributed by atoms with E-state index in [-0.39, 0.29) is 0 Å². The fourth-order valence-electron chi connectivity index (χ4n) is 1.35. The molecule has 2 nitrogen and oxygen atoms in total. The van der Waals surface area contributed by atoms with Gasteiger partial charge in [0.05, 0.1) is 10.7 Å². The van der Waals surface area contributed by atoms with Crippen LogP contribution in [0.2, 0.25) is 5.02 Å². The SMILES string of the molecule is CC(C)N(CCCl)c1ccncc1Cl. The lowest BCUT2D eigenvalue weighted by Gasteiger charge is -2.28. The van der Waals surface area contributed by atoms with Crippen molar-refractivity contribution in [2.24, 2.45) is 0 Å². The van der Waals surface area contributed by atoms with Crippen molar-refractivity contribution in [3.8, 4) is 0 Å². The van der Waals surface area contributed by atoms with Gasteiger partial charge in [-0.25, -0.2) is 0 Å². The minimum absolute atomic E-state index is 0.383. The lowest BCUT2D eigenvalue weighted by molar-refractivity contribution is 0.705. The first-order valence-corrected chi connectivity index (χ1v) is 5.50. The van der Waals surface area contributed by atoms with Crippen molar-refractivity contribution in [2.45, 2.75) is 19.9 Å². The first kappa shape index (κ1) is 11.6. The van der Waals surface area contributed by atoms with Crippen molar-refractivity contribution in [1.82, 2.24) is 4.98 Å². The van der Waals surface area contributed by atoms with Crippen LogP contribution in [0, 0.1) is 0 Å². The molecule has 78 valence electrons. The van der Waals surface area contributed by atoms with Gasteiger partial charge in [0.25, 0.3) is 0 Å². The summed E-state index contributed by atoms with van der Waals surface area (Å²) in [5, 5.41) is 0.673. The van der Waals surface area contributed by atoms with E-state index in [4.69, 9.17) is 23.2 Å². The van der Waals surface area contributed by atoms with Gasteiger partial charge in [-0.15, -0.1) is 11.6 Å². The molecule has 1 rings (SSSR count). The number of hydrogen-bond donors (Lipinski definition) is 0. The molecule has 0 radical (unpaired) electrons. The Morgan fingerprint density at radius 1 is 1.50 bits per heavy atom. The van der Waals surface area contributed by atoms with Crippen LogP contribution < -0.4 is 4.90 Å². The number of rotatable bonds is 4. The van der Waals surface area contributed by atoms with Gasteiger partial charge in [-0.3, -0.25) is 4.98 Å². The summed E-state index contributed by atoms with van der Waals surface area (Å²) in [6.45, 7) is 5.02. The van der Waals surface area contributed by atoms with E-state index in [0.29, 0.717) is 16.9 Å². The zero-order chi connectivity index (χ0) is 10.6. The van der Waals surface area contributed by atoms with Crippen molar-refractivity contribution in [3.63, 3.8) is 0 Å². The monoisotopic (exact) mass is 232 g/mol. The van der Waals surface area contributed by atoms with Crippen LogP contribution in [0.15, 0.2) is 18.5 Å². The molecule has 14 heavy (non-hydrogen) atoms. The van der Waals surface area contributed by atoms with Crippen LogP contribution in [-0.4, -0.2) is 23.5 Å². The van der Waals surface area contributed by atoms with Gasteiger partial charge in [-0.2, -0.15) is 0 Å². The highest BCUT2D eigenvalue weighted by atomic mass is 35.5. The Hall–Kier alpha value is -0.470. The molecule has 0 aliphatic carbocycles. The molecule has 0 aliphatic rings. The summed E-state index contributed by atoms with van der Waals surface area (Å²) in [4.78, 5) is 6.12. The number of halogens is 2. The Balaban J connectivity index is 2.93. The first-order chi connectivity index (χ1) is 6.66. The number of alkyl halides is 1. The minimum Gasteiger partial charge on any atom is -0.367 e. The van der Waals surface area contributed by atoms with E-state index in [1.165, 1.54) is 0 Å². The van der Waals surface area contributed by atoms with E-state index in [9.17, 15) is 0 Å². The topological polar surface area (TPSA) is 16.1 Å². The number of aromatic nitrogens is 1. The molecule has 0 spiro atoms. The zero-order valence-electron chi connectivity index (χ0n) is 8.37. The number of nitrogens with zero attached hydrogens (tertiary/aromatic N) is 2. The van der Waals surface area contributed by atoms with Crippen LogP contribution in [0.4, 0.5) is 5.69 Å². The molecule has 0 atom stereocenters.